The van der Waals surface area contributed by atoms with Crippen LogP contribution in [0.15, 0.2) is 48.5 Å². The molecule has 2 aromatic carbocycles. The number of benzene rings is 2. The van der Waals surface area contributed by atoms with Gasteiger partial charge in [-0.15, -0.1) is 0 Å². The lowest BCUT2D eigenvalue weighted by atomic mass is 9.66. The van der Waals surface area contributed by atoms with E-state index in [1.54, 1.807) is 12.1 Å². The molecular formula is C23H26FN. The fraction of sp³-hybridized carbons (Fsp3) is 0.478. The van der Waals surface area contributed by atoms with Crippen LogP contribution in [0.25, 0.3) is 0 Å². The molecule has 3 unspecified atom stereocenters. The van der Waals surface area contributed by atoms with Crippen molar-refractivity contribution in [3.05, 3.63) is 71.0 Å². The van der Waals surface area contributed by atoms with Gasteiger partial charge in [-0.1, -0.05) is 42.5 Å². The Labute approximate surface area is 149 Å². The van der Waals surface area contributed by atoms with Crippen LogP contribution in [0, 0.1) is 17.7 Å². The van der Waals surface area contributed by atoms with Crippen LogP contribution in [-0.2, 0) is 0 Å². The molecule has 0 N–H and O–H groups in total. The van der Waals surface area contributed by atoms with E-state index in [2.05, 4.69) is 29.2 Å². The summed E-state index contributed by atoms with van der Waals surface area (Å²) in [4.78, 5) is 2.69. The molecule has 1 saturated carbocycles. The third-order valence-corrected chi connectivity index (χ3v) is 6.64. The molecule has 1 aliphatic heterocycles. The molecule has 2 heteroatoms. The van der Waals surface area contributed by atoms with E-state index >= 15 is 0 Å². The number of halogens is 1. The number of fused-ring (bicyclic) bond motifs is 3. The lowest BCUT2D eigenvalue weighted by Gasteiger charge is -2.45. The van der Waals surface area contributed by atoms with Crippen molar-refractivity contribution in [1.82, 2.24) is 4.90 Å². The van der Waals surface area contributed by atoms with Crippen molar-refractivity contribution >= 4 is 0 Å². The van der Waals surface area contributed by atoms with Crippen LogP contribution in [-0.4, -0.2) is 24.5 Å². The van der Waals surface area contributed by atoms with Crippen molar-refractivity contribution in [1.29, 1.82) is 0 Å². The molecule has 2 aliphatic carbocycles. The first-order valence-electron chi connectivity index (χ1n) is 9.85. The monoisotopic (exact) mass is 335 g/mol. The first-order chi connectivity index (χ1) is 12.3. The zero-order valence-corrected chi connectivity index (χ0v) is 14.7. The molecule has 2 fully saturated rings. The standard InChI is InChI=1S/C23H26FN/c24-23-8-4-3-7-20(23)21-13-17-11-12-25(14-16-9-10-16)15-22(17)19-6-2-1-5-18(19)21/h1-8,16-17,21-22H,9-15H2. The number of hydrogen-bond donors (Lipinski definition) is 0. The number of piperidine rings is 1. The Morgan fingerprint density at radius 2 is 1.60 bits per heavy atom. The molecule has 130 valence electrons. The second-order valence-corrected chi connectivity index (χ2v) is 8.30. The first kappa shape index (κ1) is 15.6. The van der Waals surface area contributed by atoms with E-state index in [9.17, 15) is 4.39 Å². The molecule has 3 aliphatic rings. The highest BCUT2D eigenvalue weighted by atomic mass is 19.1. The molecule has 1 heterocycles. The molecule has 1 saturated heterocycles. The molecule has 2 aromatic rings. The van der Waals surface area contributed by atoms with Crippen molar-refractivity contribution in [2.24, 2.45) is 11.8 Å². The minimum absolute atomic E-state index is 0.0491. The summed E-state index contributed by atoms with van der Waals surface area (Å²) in [6.07, 6.45) is 5.21. The van der Waals surface area contributed by atoms with Gasteiger partial charge in [0.05, 0.1) is 0 Å². The van der Waals surface area contributed by atoms with E-state index in [-0.39, 0.29) is 11.7 Å². The van der Waals surface area contributed by atoms with Crippen molar-refractivity contribution < 1.29 is 4.39 Å². The Balaban J connectivity index is 1.49. The van der Waals surface area contributed by atoms with Gasteiger partial charge in [0.15, 0.2) is 0 Å². The Bertz CT molecular complexity index is 766. The van der Waals surface area contributed by atoms with E-state index < -0.39 is 0 Å². The first-order valence-corrected chi connectivity index (χ1v) is 9.85. The quantitative estimate of drug-likeness (QED) is 0.747. The van der Waals surface area contributed by atoms with E-state index in [1.807, 2.05) is 12.1 Å². The molecule has 0 radical (unpaired) electrons. The highest BCUT2D eigenvalue weighted by Crippen LogP contribution is 2.49. The van der Waals surface area contributed by atoms with Gasteiger partial charge in [-0.25, -0.2) is 4.39 Å². The van der Waals surface area contributed by atoms with Crippen LogP contribution in [0.3, 0.4) is 0 Å². The predicted molar refractivity (Wildman–Crippen MR) is 99.3 cm³/mol. The fourth-order valence-electron chi connectivity index (χ4n) is 5.18. The minimum Gasteiger partial charge on any atom is -0.302 e. The van der Waals surface area contributed by atoms with Gasteiger partial charge < -0.3 is 4.90 Å². The van der Waals surface area contributed by atoms with E-state index in [1.165, 1.54) is 50.0 Å². The summed E-state index contributed by atoms with van der Waals surface area (Å²) in [6, 6.07) is 16.2. The summed E-state index contributed by atoms with van der Waals surface area (Å²) in [5, 5.41) is 0. The summed E-state index contributed by atoms with van der Waals surface area (Å²) >= 11 is 0. The maximum absolute atomic E-state index is 14.5. The van der Waals surface area contributed by atoms with Gasteiger partial charge in [-0.05, 0) is 72.7 Å². The molecule has 5 rings (SSSR count). The lowest BCUT2D eigenvalue weighted by Crippen LogP contribution is -2.42. The average molecular weight is 335 g/mol. The minimum atomic E-state index is -0.0491. The third kappa shape index (κ3) is 2.91. The summed E-state index contributed by atoms with van der Waals surface area (Å²) in [7, 11) is 0. The highest BCUT2D eigenvalue weighted by molar-refractivity contribution is 5.43. The summed E-state index contributed by atoms with van der Waals surface area (Å²) in [5.74, 6) is 2.45. The second kappa shape index (κ2) is 6.25. The Kier molecular flexibility index (Phi) is 3.89. The predicted octanol–water partition coefficient (Wildman–Crippen LogP) is 5.18. The van der Waals surface area contributed by atoms with Crippen LogP contribution in [0.5, 0.6) is 0 Å². The van der Waals surface area contributed by atoms with Crippen LogP contribution >= 0.6 is 0 Å². The van der Waals surface area contributed by atoms with Gasteiger partial charge >= 0.3 is 0 Å². The van der Waals surface area contributed by atoms with Crippen LogP contribution in [0.1, 0.15) is 54.2 Å². The summed E-state index contributed by atoms with van der Waals surface area (Å²) in [5.41, 5.74) is 3.73. The van der Waals surface area contributed by atoms with E-state index in [0.29, 0.717) is 11.8 Å². The van der Waals surface area contributed by atoms with Gasteiger partial charge in [-0.3, -0.25) is 0 Å². The smallest absolute Gasteiger partial charge is 0.127 e. The number of hydrogen-bond acceptors (Lipinski definition) is 1. The average Bonchev–Trinajstić information content (AvgIpc) is 3.46. The van der Waals surface area contributed by atoms with Crippen molar-refractivity contribution in [3.63, 3.8) is 0 Å². The molecule has 1 nitrogen and oxygen atoms in total. The van der Waals surface area contributed by atoms with E-state index in [0.717, 1.165) is 17.9 Å². The largest absolute Gasteiger partial charge is 0.302 e. The SMILES string of the molecule is Fc1ccccc1C1CC2CCN(CC3CC3)CC2c2ccccc21. The van der Waals surface area contributed by atoms with Gasteiger partial charge in [-0.2, -0.15) is 0 Å². The maximum atomic E-state index is 14.5. The molecule has 3 atom stereocenters. The van der Waals surface area contributed by atoms with Crippen molar-refractivity contribution in [3.8, 4) is 0 Å². The number of rotatable bonds is 3. The zero-order chi connectivity index (χ0) is 16.8. The lowest BCUT2D eigenvalue weighted by molar-refractivity contribution is 0.138. The molecule has 25 heavy (non-hydrogen) atoms. The Morgan fingerprint density at radius 1 is 0.880 bits per heavy atom. The zero-order valence-electron chi connectivity index (χ0n) is 14.7. The molecule has 0 amide bonds. The molecule has 0 bridgehead atoms. The Morgan fingerprint density at radius 3 is 2.36 bits per heavy atom. The summed E-state index contributed by atoms with van der Waals surface area (Å²) in [6.45, 7) is 3.72. The van der Waals surface area contributed by atoms with Crippen molar-refractivity contribution in [2.45, 2.75) is 37.5 Å². The fourth-order valence-corrected chi connectivity index (χ4v) is 5.18. The number of nitrogens with zero attached hydrogens (tertiary/aromatic N) is 1. The number of likely N-dealkylation sites (tertiary alicyclic amines) is 1. The van der Waals surface area contributed by atoms with Gasteiger partial charge in [0.25, 0.3) is 0 Å². The molecular weight excluding hydrogens is 309 g/mol. The van der Waals surface area contributed by atoms with Crippen LogP contribution < -0.4 is 0 Å². The van der Waals surface area contributed by atoms with Gasteiger partial charge in [0.1, 0.15) is 5.82 Å². The van der Waals surface area contributed by atoms with Crippen LogP contribution in [0.4, 0.5) is 4.39 Å². The van der Waals surface area contributed by atoms with Gasteiger partial charge in [0.2, 0.25) is 0 Å². The topological polar surface area (TPSA) is 3.24 Å². The van der Waals surface area contributed by atoms with E-state index in [4.69, 9.17) is 0 Å². The Hall–Kier alpha value is -1.67. The molecule has 0 spiro atoms. The second-order valence-electron chi connectivity index (χ2n) is 8.30. The third-order valence-electron chi connectivity index (χ3n) is 6.64. The normalized spacial score (nSPS) is 29.1. The molecule has 0 aromatic heterocycles. The van der Waals surface area contributed by atoms with Crippen molar-refractivity contribution in [2.75, 3.05) is 19.6 Å². The van der Waals surface area contributed by atoms with Crippen LogP contribution in [0.2, 0.25) is 0 Å². The van der Waals surface area contributed by atoms with Gasteiger partial charge in [0, 0.05) is 19.0 Å². The summed E-state index contributed by atoms with van der Waals surface area (Å²) < 4.78 is 14.5. The maximum Gasteiger partial charge on any atom is 0.127 e. The highest BCUT2D eigenvalue weighted by Gasteiger charge is 2.40.